The molecule has 0 aromatic carbocycles. The van der Waals surface area contributed by atoms with Gasteiger partial charge in [0.05, 0.1) is 5.69 Å². The third-order valence-corrected chi connectivity index (χ3v) is 4.83. The van der Waals surface area contributed by atoms with Crippen molar-refractivity contribution in [2.24, 2.45) is 5.92 Å². The summed E-state index contributed by atoms with van der Waals surface area (Å²) in [6.45, 7) is 2.88. The molecule has 0 bridgehead atoms. The maximum Gasteiger partial charge on any atom is 0.246 e. The van der Waals surface area contributed by atoms with Crippen LogP contribution in [0.5, 0.6) is 0 Å². The van der Waals surface area contributed by atoms with Gasteiger partial charge in [-0.3, -0.25) is 14.4 Å². The van der Waals surface area contributed by atoms with E-state index in [9.17, 15) is 4.79 Å². The number of hydrogen-bond donors (Lipinski definition) is 1. The first-order valence-electron chi connectivity index (χ1n) is 7.85. The zero-order valence-electron chi connectivity index (χ0n) is 11.8. The largest absolute Gasteiger partial charge is 0.351 e. The van der Waals surface area contributed by atoms with Gasteiger partial charge in [-0.25, -0.2) is 0 Å². The molecule has 4 rings (SSSR count). The van der Waals surface area contributed by atoms with Crippen LogP contribution in [-0.4, -0.2) is 39.7 Å². The highest BCUT2D eigenvalue weighted by Crippen LogP contribution is 2.30. The Labute approximate surface area is 119 Å². The molecular formula is C15H22N4O. The molecule has 0 radical (unpaired) electrons. The predicted molar refractivity (Wildman–Crippen MR) is 75.0 cm³/mol. The van der Waals surface area contributed by atoms with Crippen molar-refractivity contribution in [3.8, 4) is 0 Å². The van der Waals surface area contributed by atoms with E-state index in [4.69, 9.17) is 0 Å². The minimum Gasteiger partial charge on any atom is -0.351 e. The van der Waals surface area contributed by atoms with Gasteiger partial charge >= 0.3 is 0 Å². The SMILES string of the molecule is O=C(NC1CC1)[C@@H]1CN(CC2CCC2)Cc2ccnn21. The maximum atomic E-state index is 12.4. The molecule has 0 spiro atoms. The minimum absolute atomic E-state index is 0.144. The normalized spacial score (nSPS) is 26.9. The molecule has 1 aromatic rings. The fourth-order valence-electron chi connectivity index (χ4n) is 3.26. The maximum absolute atomic E-state index is 12.4. The fourth-order valence-corrected chi connectivity index (χ4v) is 3.26. The van der Waals surface area contributed by atoms with Gasteiger partial charge in [-0.05, 0) is 37.7 Å². The Kier molecular flexibility index (Phi) is 3.02. The molecule has 1 amide bonds. The van der Waals surface area contributed by atoms with E-state index in [-0.39, 0.29) is 11.9 Å². The molecule has 1 atom stereocenters. The van der Waals surface area contributed by atoms with Gasteiger partial charge in [0.2, 0.25) is 5.91 Å². The van der Waals surface area contributed by atoms with Gasteiger partial charge in [0.25, 0.3) is 0 Å². The van der Waals surface area contributed by atoms with Crippen LogP contribution in [0.3, 0.4) is 0 Å². The highest BCUT2D eigenvalue weighted by molar-refractivity contribution is 5.81. The zero-order chi connectivity index (χ0) is 13.5. The quantitative estimate of drug-likeness (QED) is 0.901. The summed E-state index contributed by atoms with van der Waals surface area (Å²) in [5, 5.41) is 7.49. The molecule has 2 saturated carbocycles. The van der Waals surface area contributed by atoms with Crippen molar-refractivity contribution in [2.45, 2.75) is 50.7 Å². The van der Waals surface area contributed by atoms with Crippen molar-refractivity contribution in [3.05, 3.63) is 18.0 Å². The highest BCUT2D eigenvalue weighted by Gasteiger charge is 2.34. The van der Waals surface area contributed by atoms with Crippen molar-refractivity contribution in [1.82, 2.24) is 20.0 Å². The second kappa shape index (κ2) is 4.88. The number of rotatable bonds is 4. The number of nitrogens with one attached hydrogen (secondary N) is 1. The number of aromatic nitrogens is 2. The van der Waals surface area contributed by atoms with Crippen molar-refractivity contribution < 1.29 is 4.79 Å². The van der Waals surface area contributed by atoms with E-state index in [2.05, 4.69) is 15.3 Å². The van der Waals surface area contributed by atoms with E-state index in [1.165, 1.54) is 25.0 Å². The summed E-state index contributed by atoms with van der Waals surface area (Å²) in [7, 11) is 0. The number of nitrogens with zero attached hydrogens (tertiary/aromatic N) is 3. The van der Waals surface area contributed by atoms with Gasteiger partial charge in [0.15, 0.2) is 0 Å². The van der Waals surface area contributed by atoms with Crippen LogP contribution in [0.25, 0.3) is 0 Å². The second-order valence-electron chi connectivity index (χ2n) is 6.56. The van der Waals surface area contributed by atoms with Gasteiger partial charge < -0.3 is 5.32 Å². The van der Waals surface area contributed by atoms with E-state index < -0.39 is 0 Å². The van der Waals surface area contributed by atoms with Crippen LogP contribution in [0.15, 0.2) is 12.3 Å². The Balaban J connectivity index is 1.49. The van der Waals surface area contributed by atoms with Gasteiger partial charge in [0.1, 0.15) is 6.04 Å². The van der Waals surface area contributed by atoms with Crippen molar-refractivity contribution in [3.63, 3.8) is 0 Å². The van der Waals surface area contributed by atoms with Crippen LogP contribution in [0, 0.1) is 5.92 Å². The highest BCUT2D eigenvalue weighted by atomic mass is 16.2. The standard InChI is InChI=1S/C15H22N4O/c20-15(17-12-4-5-12)14-10-18(8-11-2-1-3-11)9-13-6-7-16-19(13)14/h6-7,11-12,14H,1-5,8-10H2,(H,17,20)/t14-/m0/s1. The van der Waals surface area contributed by atoms with E-state index in [1.807, 2.05) is 16.9 Å². The molecule has 108 valence electrons. The molecule has 2 aliphatic carbocycles. The Morgan fingerprint density at radius 3 is 2.90 bits per heavy atom. The molecule has 0 unspecified atom stereocenters. The Bertz CT molecular complexity index is 504. The number of carbonyl (C=O) groups excluding carboxylic acids is 1. The lowest BCUT2D eigenvalue weighted by Gasteiger charge is -2.37. The van der Waals surface area contributed by atoms with Crippen molar-refractivity contribution in [2.75, 3.05) is 13.1 Å². The average molecular weight is 274 g/mol. The molecule has 2 fully saturated rings. The van der Waals surface area contributed by atoms with Crippen LogP contribution in [0.1, 0.15) is 43.8 Å². The van der Waals surface area contributed by atoms with Crippen molar-refractivity contribution >= 4 is 5.91 Å². The third-order valence-electron chi connectivity index (χ3n) is 4.83. The molecule has 2 heterocycles. The number of carbonyl (C=O) groups is 1. The zero-order valence-corrected chi connectivity index (χ0v) is 11.8. The number of fused-ring (bicyclic) bond motifs is 1. The summed E-state index contributed by atoms with van der Waals surface area (Å²) in [5.41, 5.74) is 1.17. The van der Waals surface area contributed by atoms with Crippen LogP contribution in [0.2, 0.25) is 0 Å². The Morgan fingerprint density at radius 1 is 1.35 bits per heavy atom. The smallest absolute Gasteiger partial charge is 0.246 e. The Morgan fingerprint density at radius 2 is 2.20 bits per heavy atom. The van der Waals surface area contributed by atoms with Gasteiger partial charge in [-0.2, -0.15) is 5.10 Å². The third kappa shape index (κ3) is 2.35. The van der Waals surface area contributed by atoms with Crippen LogP contribution >= 0.6 is 0 Å². The lowest BCUT2D eigenvalue weighted by Crippen LogP contribution is -2.47. The summed E-state index contributed by atoms with van der Waals surface area (Å²) < 4.78 is 1.93. The molecule has 5 nitrogen and oxygen atoms in total. The van der Waals surface area contributed by atoms with Gasteiger partial charge in [-0.15, -0.1) is 0 Å². The fraction of sp³-hybridized carbons (Fsp3) is 0.733. The molecular weight excluding hydrogens is 252 g/mol. The minimum atomic E-state index is -0.144. The molecule has 1 N–H and O–H groups in total. The summed E-state index contributed by atoms with van der Waals surface area (Å²) >= 11 is 0. The lowest BCUT2D eigenvalue weighted by atomic mass is 9.85. The molecule has 0 saturated heterocycles. The molecule has 1 aliphatic heterocycles. The first kappa shape index (κ1) is 12.4. The van der Waals surface area contributed by atoms with Gasteiger partial charge in [0, 0.05) is 31.9 Å². The van der Waals surface area contributed by atoms with E-state index in [0.717, 1.165) is 38.4 Å². The summed E-state index contributed by atoms with van der Waals surface area (Å²) in [4.78, 5) is 14.9. The lowest BCUT2D eigenvalue weighted by molar-refractivity contribution is -0.126. The van der Waals surface area contributed by atoms with E-state index in [1.54, 1.807) is 0 Å². The molecule has 5 heteroatoms. The van der Waals surface area contributed by atoms with Gasteiger partial charge in [-0.1, -0.05) is 6.42 Å². The second-order valence-corrected chi connectivity index (χ2v) is 6.56. The van der Waals surface area contributed by atoms with Crippen LogP contribution < -0.4 is 5.32 Å². The number of amides is 1. The summed E-state index contributed by atoms with van der Waals surface area (Å²) in [6.07, 6.45) is 8.18. The van der Waals surface area contributed by atoms with E-state index in [0.29, 0.717) is 6.04 Å². The predicted octanol–water partition coefficient (Wildman–Crippen LogP) is 1.32. The molecule has 20 heavy (non-hydrogen) atoms. The molecule has 1 aromatic heterocycles. The first-order chi connectivity index (χ1) is 9.79. The van der Waals surface area contributed by atoms with Crippen LogP contribution in [0.4, 0.5) is 0 Å². The Hall–Kier alpha value is -1.36. The topological polar surface area (TPSA) is 50.2 Å². The summed E-state index contributed by atoms with van der Waals surface area (Å²) in [5.74, 6) is 0.993. The number of hydrogen-bond acceptors (Lipinski definition) is 3. The molecule has 3 aliphatic rings. The average Bonchev–Trinajstić information content (AvgIpc) is 3.07. The first-order valence-corrected chi connectivity index (χ1v) is 7.85. The van der Waals surface area contributed by atoms with E-state index >= 15 is 0 Å². The summed E-state index contributed by atoms with van der Waals surface area (Å²) in [6, 6.07) is 2.32. The van der Waals surface area contributed by atoms with Crippen LogP contribution in [-0.2, 0) is 11.3 Å². The van der Waals surface area contributed by atoms with Crippen molar-refractivity contribution in [1.29, 1.82) is 0 Å². The monoisotopic (exact) mass is 274 g/mol.